The number of nitrogens with zero attached hydrogens (tertiary/aromatic N) is 2. The number of carbonyl (C=O) groups is 1. The lowest BCUT2D eigenvalue weighted by Crippen LogP contribution is -2.21. The van der Waals surface area contributed by atoms with Crippen LogP contribution >= 0.6 is 11.3 Å². The van der Waals surface area contributed by atoms with Gasteiger partial charge in [0.25, 0.3) is 5.56 Å². The van der Waals surface area contributed by atoms with E-state index in [0.29, 0.717) is 5.13 Å². The topological polar surface area (TPSA) is 99.8 Å². The molecule has 3 N–H and O–H groups in total. The summed E-state index contributed by atoms with van der Waals surface area (Å²) in [6.07, 6.45) is 1.58. The molecule has 0 atom stereocenters. The van der Waals surface area contributed by atoms with Crippen molar-refractivity contribution in [3.05, 3.63) is 34.1 Å². The number of thiazole rings is 1. The molecular formula is C8H7N5O2S. The minimum Gasteiger partial charge on any atom is -0.291 e. The largest absolute Gasteiger partial charge is 0.326 e. The zero-order valence-corrected chi connectivity index (χ0v) is 8.75. The van der Waals surface area contributed by atoms with E-state index in [4.69, 9.17) is 0 Å². The average Bonchev–Trinajstić information content (AvgIpc) is 2.74. The van der Waals surface area contributed by atoms with Gasteiger partial charge in [0.2, 0.25) is 0 Å². The fraction of sp³-hybridized carbons (Fsp3) is 0. The first-order valence-corrected chi connectivity index (χ1v) is 5.15. The molecule has 0 saturated heterocycles. The zero-order chi connectivity index (χ0) is 11.4. The molecule has 82 valence electrons. The van der Waals surface area contributed by atoms with E-state index in [2.05, 4.69) is 25.8 Å². The molecule has 0 aliphatic heterocycles. The number of amides is 2. The highest BCUT2D eigenvalue weighted by Crippen LogP contribution is 2.10. The Morgan fingerprint density at radius 1 is 1.38 bits per heavy atom. The molecular weight excluding hydrogens is 230 g/mol. The Hall–Kier alpha value is -2.22. The molecule has 0 unspecified atom stereocenters. The smallest absolute Gasteiger partial charge is 0.291 e. The maximum atomic E-state index is 11.4. The Labute approximate surface area is 93.5 Å². The van der Waals surface area contributed by atoms with E-state index in [0.717, 1.165) is 0 Å². The summed E-state index contributed by atoms with van der Waals surface area (Å²) in [7, 11) is 0. The van der Waals surface area contributed by atoms with Gasteiger partial charge in [0.15, 0.2) is 10.9 Å². The molecule has 16 heavy (non-hydrogen) atoms. The summed E-state index contributed by atoms with van der Waals surface area (Å²) in [5, 5.41) is 13.0. The first-order valence-electron chi connectivity index (χ1n) is 4.27. The quantitative estimate of drug-likeness (QED) is 0.721. The second kappa shape index (κ2) is 4.53. The molecule has 0 aliphatic rings. The SMILES string of the molecule is O=C(Nc1ccc(=O)[nH]n1)Nc1nccs1. The summed E-state index contributed by atoms with van der Waals surface area (Å²) in [4.78, 5) is 26.0. The highest BCUT2D eigenvalue weighted by molar-refractivity contribution is 7.13. The normalized spacial score (nSPS) is 9.75. The number of H-pyrrole nitrogens is 1. The predicted molar refractivity (Wildman–Crippen MR) is 59.6 cm³/mol. The van der Waals surface area contributed by atoms with Gasteiger partial charge in [0.05, 0.1) is 0 Å². The van der Waals surface area contributed by atoms with Crippen LogP contribution in [0.2, 0.25) is 0 Å². The predicted octanol–water partition coefficient (Wildman–Crippen LogP) is 0.870. The number of rotatable bonds is 2. The molecule has 2 rings (SSSR count). The van der Waals surface area contributed by atoms with Gasteiger partial charge >= 0.3 is 6.03 Å². The number of urea groups is 1. The molecule has 2 aromatic heterocycles. The molecule has 0 radical (unpaired) electrons. The van der Waals surface area contributed by atoms with Crippen LogP contribution in [0.1, 0.15) is 0 Å². The van der Waals surface area contributed by atoms with Crippen LogP contribution in [0.3, 0.4) is 0 Å². The van der Waals surface area contributed by atoms with Crippen molar-refractivity contribution in [1.29, 1.82) is 0 Å². The number of anilines is 2. The maximum absolute atomic E-state index is 11.4. The number of hydrogen-bond donors (Lipinski definition) is 3. The van der Waals surface area contributed by atoms with E-state index in [1.54, 1.807) is 11.6 Å². The van der Waals surface area contributed by atoms with Crippen molar-refractivity contribution in [3.63, 3.8) is 0 Å². The van der Waals surface area contributed by atoms with E-state index in [1.807, 2.05) is 0 Å². The van der Waals surface area contributed by atoms with Gasteiger partial charge in [0, 0.05) is 17.6 Å². The zero-order valence-electron chi connectivity index (χ0n) is 7.93. The summed E-state index contributed by atoms with van der Waals surface area (Å²) >= 11 is 1.30. The van der Waals surface area contributed by atoms with Crippen LogP contribution in [0.15, 0.2) is 28.5 Å². The summed E-state index contributed by atoms with van der Waals surface area (Å²) in [5.41, 5.74) is -0.328. The standard InChI is InChI=1S/C8H7N5O2S/c14-6-2-1-5(12-13-6)10-7(15)11-8-9-3-4-16-8/h1-4H,(H,13,14)(H2,9,10,11,12,15). The highest BCUT2D eigenvalue weighted by atomic mass is 32.1. The Kier molecular flexibility index (Phi) is 2.92. The first-order chi connectivity index (χ1) is 7.74. The molecule has 0 spiro atoms. The van der Waals surface area contributed by atoms with E-state index >= 15 is 0 Å². The van der Waals surface area contributed by atoms with Gasteiger partial charge in [0.1, 0.15) is 0 Å². The van der Waals surface area contributed by atoms with Gasteiger partial charge in [-0.05, 0) is 6.07 Å². The third-order valence-corrected chi connectivity index (χ3v) is 2.26. The van der Waals surface area contributed by atoms with Crippen molar-refractivity contribution >= 4 is 28.3 Å². The lowest BCUT2D eigenvalue weighted by atomic mass is 10.5. The molecule has 8 heteroatoms. The van der Waals surface area contributed by atoms with Crippen molar-refractivity contribution < 1.29 is 4.79 Å². The lowest BCUT2D eigenvalue weighted by molar-refractivity contribution is 0.262. The van der Waals surface area contributed by atoms with Crippen LogP contribution in [-0.4, -0.2) is 21.2 Å². The Morgan fingerprint density at radius 2 is 2.25 bits per heavy atom. The monoisotopic (exact) mass is 237 g/mol. The summed E-state index contributed by atoms with van der Waals surface area (Å²) in [5.74, 6) is 0.258. The number of hydrogen-bond acceptors (Lipinski definition) is 5. The van der Waals surface area contributed by atoms with Gasteiger partial charge in [-0.3, -0.25) is 15.4 Å². The molecule has 0 fully saturated rings. The van der Waals surface area contributed by atoms with Gasteiger partial charge in [-0.2, -0.15) is 5.10 Å². The van der Waals surface area contributed by atoms with Crippen LogP contribution < -0.4 is 16.2 Å². The first kappa shape index (κ1) is 10.3. The van der Waals surface area contributed by atoms with Crippen molar-refractivity contribution in [2.24, 2.45) is 0 Å². The molecule has 2 aromatic rings. The Morgan fingerprint density at radius 3 is 2.88 bits per heavy atom. The average molecular weight is 237 g/mol. The van der Waals surface area contributed by atoms with Crippen molar-refractivity contribution in [2.45, 2.75) is 0 Å². The van der Waals surface area contributed by atoms with Crippen LogP contribution in [0, 0.1) is 0 Å². The van der Waals surface area contributed by atoms with E-state index in [1.165, 1.54) is 23.5 Å². The molecule has 2 heterocycles. The molecule has 2 amide bonds. The summed E-state index contributed by atoms with van der Waals surface area (Å²) in [6, 6.07) is 2.21. The van der Waals surface area contributed by atoms with Crippen LogP contribution in [-0.2, 0) is 0 Å². The number of carbonyl (C=O) groups excluding carboxylic acids is 1. The molecule has 0 saturated carbocycles. The fourth-order valence-electron chi connectivity index (χ4n) is 0.944. The third-order valence-electron chi connectivity index (χ3n) is 1.57. The number of aromatic amines is 1. The number of nitrogens with one attached hydrogen (secondary N) is 3. The summed E-state index contributed by atoms with van der Waals surface area (Å²) < 4.78 is 0. The van der Waals surface area contributed by atoms with Gasteiger partial charge < -0.3 is 0 Å². The highest BCUT2D eigenvalue weighted by Gasteiger charge is 2.04. The molecule has 0 bridgehead atoms. The van der Waals surface area contributed by atoms with Crippen molar-refractivity contribution in [3.8, 4) is 0 Å². The summed E-state index contributed by atoms with van der Waals surface area (Å²) in [6.45, 7) is 0. The second-order valence-electron chi connectivity index (χ2n) is 2.72. The van der Waals surface area contributed by atoms with Crippen molar-refractivity contribution in [2.75, 3.05) is 10.6 Å². The molecule has 7 nitrogen and oxygen atoms in total. The fourth-order valence-corrected chi connectivity index (χ4v) is 1.47. The number of aromatic nitrogens is 3. The molecule has 0 aliphatic carbocycles. The van der Waals surface area contributed by atoms with Crippen LogP contribution in [0.4, 0.5) is 15.7 Å². The van der Waals surface area contributed by atoms with Crippen LogP contribution in [0.25, 0.3) is 0 Å². The minimum absolute atomic E-state index is 0.258. The Bertz CT molecular complexity index is 515. The second-order valence-corrected chi connectivity index (χ2v) is 3.62. The van der Waals surface area contributed by atoms with E-state index in [-0.39, 0.29) is 11.4 Å². The van der Waals surface area contributed by atoms with Gasteiger partial charge in [-0.1, -0.05) is 0 Å². The van der Waals surface area contributed by atoms with Gasteiger partial charge in [-0.15, -0.1) is 11.3 Å². The van der Waals surface area contributed by atoms with E-state index in [9.17, 15) is 9.59 Å². The third kappa shape index (κ3) is 2.64. The van der Waals surface area contributed by atoms with Crippen molar-refractivity contribution in [1.82, 2.24) is 15.2 Å². The van der Waals surface area contributed by atoms with Gasteiger partial charge in [-0.25, -0.2) is 14.9 Å². The van der Waals surface area contributed by atoms with E-state index < -0.39 is 6.03 Å². The minimum atomic E-state index is -0.463. The van der Waals surface area contributed by atoms with Crippen LogP contribution in [0.5, 0.6) is 0 Å². The molecule has 0 aromatic carbocycles. The maximum Gasteiger partial charge on any atom is 0.326 e. The Balaban J connectivity index is 1.97. The lowest BCUT2D eigenvalue weighted by Gasteiger charge is -2.02.